The average Bonchev–Trinajstić information content (AvgIpc) is 3.51. The van der Waals surface area contributed by atoms with E-state index in [9.17, 15) is 0 Å². The Hall–Kier alpha value is -2.82. The van der Waals surface area contributed by atoms with E-state index in [4.69, 9.17) is 19.4 Å². The number of fused-ring (bicyclic) bond motifs is 1. The number of methoxy groups -OCH3 is 2. The summed E-state index contributed by atoms with van der Waals surface area (Å²) in [7, 11) is 3.34. The van der Waals surface area contributed by atoms with Gasteiger partial charge >= 0.3 is 0 Å². The Morgan fingerprint density at radius 2 is 1.88 bits per heavy atom. The van der Waals surface area contributed by atoms with E-state index in [-0.39, 0.29) is 0 Å². The number of para-hydroxylation sites is 1. The smallest absolute Gasteiger partial charge is 0.137 e. The minimum atomic E-state index is 0.511. The van der Waals surface area contributed by atoms with Gasteiger partial charge in [-0.1, -0.05) is 12.1 Å². The van der Waals surface area contributed by atoms with Crippen molar-refractivity contribution >= 4 is 16.7 Å². The van der Waals surface area contributed by atoms with E-state index >= 15 is 0 Å². The Morgan fingerprint density at radius 1 is 1.04 bits per heavy atom. The first kappa shape index (κ1) is 15.7. The molecule has 1 N–H and O–H groups in total. The molecule has 1 saturated carbocycles. The number of nitrogens with one attached hydrogen (secondary N) is 1. The normalized spacial score (nSPS) is 13.7. The Bertz CT molecular complexity index is 907. The van der Waals surface area contributed by atoms with Crippen molar-refractivity contribution in [2.75, 3.05) is 19.5 Å². The lowest BCUT2D eigenvalue weighted by Crippen LogP contribution is -2.06. The highest BCUT2D eigenvalue weighted by Crippen LogP contribution is 2.39. The summed E-state index contributed by atoms with van der Waals surface area (Å²) in [4.78, 5) is 9.50. The van der Waals surface area contributed by atoms with Crippen molar-refractivity contribution in [1.82, 2.24) is 9.97 Å². The minimum Gasteiger partial charge on any atom is -0.497 e. The highest BCUT2D eigenvalue weighted by atomic mass is 16.5. The molecule has 0 unspecified atom stereocenters. The number of anilines is 1. The summed E-state index contributed by atoms with van der Waals surface area (Å²) in [5.74, 6) is 3.96. The van der Waals surface area contributed by atoms with Crippen LogP contribution in [0.4, 0.5) is 5.82 Å². The molecule has 0 atom stereocenters. The highest BCUT2D eigenvalue weighted by molar-refractivity contribution is 5.89. The Kier molecular flexibility index (Phi) is 4.14. The summed E-state index contributed by atoms with van der Waals surface area (Å²) < 4.78 is 10.8. The predicted molar refractivity (Wildman–Crippen MR) is 98.4 cm³/mol. The fourth-order valence-electron chi connectivity index (χ4n) is 2.95. The van der Waals surface area contributed by atoms with E-state index in [1.807, 2.05) is 36.4 Å². The van der Waals surface area contributed by atoms with Crippen molar-refractivity contribution in [3.05, 3.63) is 53.9 Å². The maximum Gasteiger partial charge on any atom is 0.137 e. The molecule has 1 aromatic heterocycles. The van der Waals surface area contributed by atoms with Crippen molar-refractivity contribution in [2.24, 2.45) is 0 Å². The van der Waals surface area contributed by atoms with Crippen LogP contribution >= 0.6 is 0 Å². The maximum absolute atomic E-state index is 5.46. The molecule has 0 amide bonds. The average molecular weight is 335 g/mol. The predicted octanol–water partition coefficient (Wildman–Crippen LogP) is 4.14. The van der Waals surface area contributed by atoms with Crippen LogP contribution in [0.2, 0.25) is 0 Å². The zero-order valence-corrected chi connectivity index (χ0v) is 14.5. The van der Waals surface area contributed by atoms with Crippen LogP contribution in [-0.4, -0.2) is 24.2 Å². The SMILES string of the molecule is COc1ccc(OC)c(CNc2nc(C3CC3)nc3ccccc23)c1. The number of hydrogen-bond acceptors (Lipinski definition) is 5. The molecular formula is C20H21N3O2. The first-order valence-electron chi connectivity index (χ1n) is 8.50. The van der Waals surface area contributed by atoms with Crippen LogP contribution < -0.4 is 14.8 Å². The number of ether oxygens (including phenoxy) is 2. The van der Waals surface area contributed by atoms with Gasteiger partial charge in [-0.3, -0.25) is 0 Å². The maximum atomic E-state index is 5.46. The van der Waals surface area contributed by atoms with Crippen LogP contribution in [0.3, 0.4) is 0 Å². The molecule has 25 heavy (non-hydrogen) atoms. The minimum absolute atomic E-state index is 0.511. The van der Waals surface area contributed by atoms with E-state index < -0.39 is 0 Å². The zero-order chi connectivity index (χ0) is 17.2. The van der Waals surface area contributed by atoms with E-state index in [0.717, 1.165) is 39.6 Å². The van der Waals surface area contributed by atoms with Gasteiger partial charge in [-0.15, -0.1) is 0 Å². The zero-order valence-electron chi connectivity index (χ0n) is 14.5. The van der Waals surface area contributed by atoms with Gasteiger partial charge in [0.15, 0.2) is 0 Å². The molecule has 1 aliphatic rings. The lowest BCUT2D eigenvalue weighted by molar-refractivity contribution is 0.399. The number of rotatable bonds is 6. The molecule has 1 heterocycles. The van der Waals surface area contributed by atoms with Gasteiger partial charge in [0.25, 0.3) is 0 Å². The third-order valence-corrected chi connectivity index (χ3v) is 4.50. The Morgan fingerprint density at radius 3 is 2.64 bits per heavy atom. The van der Waals surface area contributed by atoms with Gasteiger partial charge in [-0.2, -0.15) is 0 Å². The second-order valence-electron chi connectivity index (χ2n) is 6.25. The van der Waals surface area contributed by atoms with Gasteiger partial charge in [0.1, 0.15) is 23.1 Å². The molecule has 0 saturated heterocycles. The van der Waals surface area contributed by atoms with Crippen LogP contribution in [0.15, 0.2) is 42.5 Å². The van der Waals surface area contributed by atoms with E-state index in [0.29, 0.717) is 12.5 Å². The molecule has 5 heteroatoms. The van der Waals surface area contributed by atoms with Crippen molar-refractivity contribution < 1.29 is 9.47 Å². The van der Waals surface area contributed by atoms with Crippen LogP contribution in [0.25, 0.3) is 10.9 Å². The summed E-state index contributed by atoms with van der Waals surface area (Å²) in [5, 5.41) is 4.50. The lowest BCUT2D eigenvalue weighted by atomic mass is 10.1. The molecule has 0 aliphatic heterocycles. The topological polar surface area (TPSA) is 56.3 Å². The fourth-order valence-corrected chi connectivity index (χ4v) is 2.95. The van der Waals surface area contributed by atoms with E-state index in [1.54, 1.807) is 14.2 Å². The van der Waals surface area contributed by atoms with E-state index in [1.165, 1.54) is 12.8 Å². The third kappa shape index (κ3) is 3.22. The van der Waals surface area contributed by atoms with Crippen LogP contribution in [0, 0.1) is 0 Å². The Balaban J connectivity index is 1.67. The molecule has 0 bridgehead atoms. The largest absolute Gasteiger partial charge is 0.497 e. The molecule has 5 nitrogen and oxygen atoms in total. The second kappa shape index (κ2) is 6.59. The van der Waals surface area contributed by atoms with Gasteiger partial charge in [0.05, 0.1) is 19.7 Å². The van der Waals surface area contributed by atoms with Gasteiger partial charge in [0, 0.05) is 23.4 Å². The van der Waals surface area contributed by atoms with Crippen molar-refractivity contribution in [3.8, 4) is 11.5 Å². The molecule has 2 aromatic carbocycles. The summed E-state index contributed by atoms with van der Waals surface area (Å²) >= 11 is 0. The molecule has 4 rings (SSSR count). The molecule has 3 aromatic rings. The van der Waals surface area contributed by atoms with Gasteiger partial charge < -0.3 is 14.8 Å². The second-order valence-corrected chi connectivity index (χ2v) is 6.25. The first-order valence-corrected chi connectivity index (χ1v) is 8.50. The molecular weight excluding hydrogens is 314 g/mol. The number of nitrogens with zero attached hydrogens (tertiary/aromatic N) is 2. The third-order valence-electron chi connectivity index (χ3n) is 4.50. The summed E-state index contributed by atoms with van der Waals surface area (Å²) in [5.41, 5.74) is 2.01. The number of benzene rings is 2. The highest BCUT2D eigenvalue weighted by Gasteiger charge is 2.27. The molecule has 1 fully saturated rings. The van der Waals surface area contributed by atoms with Gasteiger partial charge in [0.2, 0.25) is 0 Å². The molecule has 128 valence electrons. The number of hydrogen-bond donors (Lipinski definition) is 1. The Labute approximate surface area is 147 Å². The standard InChI is InChI=1S/C20H21N3O2/c1-24-15-9-10-18(25-2)14(11-15)12-21-20-16-5-3-4-6-17(16)22-19(23-20)13-7-8-13/h3-6,9-11,13H,7-8,12H2,1-2H3,(H,21,22,23). The quantitative estimate of drug-likeness (QED) is 0.734. The summed E-state index contributed by atoms with van der Waals surface area (Å²) in [6.07, 6.45) is 2.36. The number of aromatic nitrogens is 2. The van der Waals surface area contributed by atoms with Crippen molar-refractivity contribution in [1.29, 1.82) is 0 Å². The van der Waals surface area contributed by atoms with Crippen molar-refractivity contribution in [3.63, 3.8) is 0 Å². The molecule has 0 spiro atoms. The molecule has 1 aliphatic carbocycles. The van der Waals surface area contributed by atoms with Gasteiger partial charge in [-0.25, -0.2) is 9.97 Å². The first-order chi connectivity index (χ1) is 12.3. The van der Waals surface area contributed by atoms with E-state index in [2.05, 4.69) is 11.4 Å². The van der Waals surface area contributed by atoms with Crippen LogP contribution in [0.1, 0.15) is 30.1 Å². The summed E-state index contributed by atoms with van der Waals surface area (Å²) in [6.45, 7) is 0.603. The molecule has 0 radical (unpaired) electrons. The lowest BCUT2D eigenvalue weighted by Gasteiger charge is -2.14. The van der Waals surface area contributed by atoms with Crippen LogP contribution in [-0.2, 0) is 6.54 Å². The van der Waals surface area contributed by atoms with Crippen molar-refractivity contribution in [2.45, 2.75) is 25.3 Å². The van der Waals surface area contributed by atoms with Gasteiger partial charge in [-0.05, 0) is 43.2 Å². The fraction of sp³-hybridized carbons (Fsp3) is 0.300. The van der Waals surface area contributed by atoms with Crippen LogP contribution in [0.5, 0.6) is 11.5 Å². The summed E-state index contributed by atoms with van der Waals surface area (Å²) in [6, 6.07) is 13.9. The monoisotopic (exact) mass is 335 g/mol.